The first kappa shape index (κ1) is 17.0. The zero-order valence-electron chi connectivity index (χ0n) is 12.1. The summed E-state index contributed by atoms with van der Waals surface area (Å²) in [6, 6.07) is 0. The van der Waals surface area contributed by atoms with E-state index in [1.165, 1.54) is 6.92 Å². The Labute approximate surface area is 123 Å². The van der Waals surface area contributed by atoms with Crippen LogP contribution in [0.3, 0.4) is 0 Å². The van der Waals surface area contributed by atoms with Crippen molar-refractivity contribution in [2.75, 3.05) is 0 Å². The molecule has 0 unspecified atom stereocenters. The number of nitrogens with one attached hydrogen (secondary N) is 1. The number of carbonyl (C=O) groups is 4. The van der Waals surface area contributed by atoms with Crippen molar-refractivity contribution in [3.8, 4) is 0 Å². The van der Waals surface area contributed by atoms with Crippen molar-refractivity contribution in [1.29, 1.82) is 5.41 Å². The van der Waals surface area contributed by atoms with E-state index in [4.69, 9.17) is 10.2 Å². The van der Waals surface area contributed by atoms with Gasteiger partial charge in [0.25, 0.3) is 11.8 Å². The number of unbranched alkanes of at least 4 members (excludes halogenated alkanes) is 3. The van der Waals surface area contributed by atoms with Gasteiger partial charge in [0.15, 0.2) is 5.78 Å². The van der Waals surface area contributed by atoms with Gasteiger partial charge in [-0.25, -0.2) is 4.79 Å². The van der Waals surface area contributed by atoms with Crippen molar-refractivity contribution >= 4 is 29.3 Å². The molecule has 0 aliphatic carbocycles. The quantitative estimate of drug-likeness (QED) is 0.395. The number of hydrogen-bond acceptors (Lipinski definition) is 6. The summed E-state index contributed by atoms with van der Waals surface area (Å²) in [5.41, 5.74) is 0.0681. The lowest BCUT2D eigenvalue weighted by atomic mass is 10.1. The fourth-order valence-corrected chi connectivity index (χ4v) is 1.90. The van der Waals surface area contributed by atoms with E-state index in [2.05, 4.69) is 0 Å². The van der Waals surface area contributed by atoms with Gasteiger partial charge in [0.2, 0.25) is 0 Å². The number of rotatable bonds is 9. The Hall–Kier alpha value is -2.05. The number of carbonyl (C=O) groups excluding carboxylic acids is 4. The molecule has 1 aliphatic rings. The maximum absolute atomic E-state index is 11.5. The van der Waals surface area contributed by atoms with Crippen molar-refractivity contribution in [3.63, 3.8) is 0 Å². The molecule has 21 heavy (non-hydrogen) atoms. The lowest BCUT2D eigenvalue weighted by Gasteiger charge is -2.12. The summed E-state index contributed by atoms with van der Waals surface area (Å²) in [5.74, 6) is -1.70. The van der Waals surface area contributed by atoms with Gasteiger partial charge in [0.05, 0.1) is 5.71 Å². The standard InChI is InChI=1S/C14H20N2O5/c1-10(15)11(17)6-4-2-3-5-7-14(20)21-16-12(18)8-9-13(16)19/h15H,2-9H2,1H3. The smallest absolute Gasteiger partial charge is 0.330 e. The Kier molecular flexibility index (Phi) is 6.71. The van der Waals surface area contributed by atoms with Gasteiger partial charge >= 0.3 is 5.97 Å². The highest BCUT2D eigenvalue weighted by Gasteiger charge is 2.32. The summed E-state index contributed by atoms with van der Waals surface area (Å²) in [4.78, 5) is 49.8. The average molecular weight is 296 g/mol. The van der Waals surface area contributed by atoms with Crippen molar-refractivity contribution in [3.05, 3.63) is 0 Å². The van der Waals surface area contributed by atoms with E-state index < -0.39 is 17.8 Å². The summed E-state index contributed by atoms with van der Waals surface area (Å²) in [7, 11) is 0. The lowest BCUT2D eigenvalue weighted by Crippen LogP contribution is -2.31. The topological polar surface area (TPSA) is 105 Å². The van der Waals surface area contributed by atoms with Crippen LogP contribution in [0.1, 0.15) is 58.3 Å². The highest BCUT2D eigenvalue weighted by Crippen LogP contribution is 2.13. The van der Waals surface area contributed by atoms with E-state index in [9.17, 15) is 19.2 Å². The van der Waals surface area contributed by atoms with Crippen molar-refractivity contribution in [1.82, 2.24) is 5.06 Å². The third-order valence-electron chi connectivity index (χ3n) is 3.15. The predicted octanol–water partition coefficient (Wildman–Crippen LogP) is 1.54. The van der Waals surface area contributed by atoms with Crippen LogP contribution in [0.4, 0.5) is 0 Å². The molecule has 7 nitrogen and oxygen atoms in total. The number of ketones is 1. The molecular weight excluding hydrogens is 276 g/mol. The monoisotopic (exact) mass is 296 g/mol. The first-order valence-electron chi connectivity index (χ1n) is 7.06. The maximum atomic E-state index is 11.5. The molecule has 1 rings (SSSR count). The fraction of sp³-hybridized carbons (Fsp3) is 0.643. The molecule has 0 aromatic rings. The summed E-state index contributed by atoms with van der Waals surface area (Å²) >= 11 is 0. The highest BCUT2D eigenvalue weighted by molar-refractivity contribution is 6.37. The normalized spacial score (nSPS) is 14.4. The Morgan fingerprint density at radius 3 is 2.10 bits per heavy atom. The predicted molar refractivity (Wildman–Crippen MR) is 73.3 cm³/mol. The summed E-state index contributed by atoms with van der Waals surface area (Å²) < 4.78 is 0. The summed E-state index contributed by atoms with van der Waals surface area (Å²) in [6.07, 6.45) is 3.47. The number of imide groups is 1. The van der Waals surface area contributed by atoms with Crippen LogP contribution in [-0.4, -0.2) is 34.3 Å². The highest BCUT2D eigenvalue weighted by atomic mass is 16.7. The van der Waals surface area contributed by atoms with Crippen LogP contribution in [-0.2, 0) is 24.0 Å². The minimum Gasteiger partial charge on any atom is -0.330 e. The summed E-state index contributed by atoms with van der Waals surface area (Å²) in [5, 5.41) is 7.69. The Morgan fingerprint density at radius 1 is 1.05 bits per heavy atom. The van der Waals surface area contributed by atoms with Gasteiger partial charge in [0.1, 0.15) is 0 Å². The molecule has 1 heterocycles. The molecule has 0 spiro atoms. The molecule has 0 aromatic heterocycles. The van der Waals surface area contributed by atoms with Crippen LogP contribution in [0.15, 0.2) is 0 Å². The van der Waals surface area contributed by atoms with Crippen LogP contribution < -0.4 is 0 Å². The minimum atomic E-state index is -0.593. The molecule has 7 heteroatoms. The third-order valence-corrected chi connectivity index (χ3v) is 3.15. The largest absolute Gasteiger partial charge is 0.333 e. The van der Waals surface area contributed by atoms with Crippen molar-refractivity contribution in [2.45, 2.75) is 58.3 Å². The van der Waals surface area contributed by atoms with Gasteiger partial charge in [-0.2, -0.15) is 0 Å². The Morgan fingerprint density at radius 2 is 1.57 bits per heavy atom. The Bertz CT molecular complexity index is 442. The number of Topliss-reactive ketones (excluding diaryl/α,β-unsaturated/α-hetero) is 1. The minimum absolute atomic E-state index is 0.0681. The molecule has 0 radical (unpaired) electrons. The number of hydroxylamine groups is 2. The first-order valence-corrected chi connectivity index (χ1v) is 7.06. The number of hydrogen-bond donors (Lipinski definition) is 1. The third kappa shape index (κ3) is 5.85. The summed E-state index contributed by atoms with van der Waals surface area (Å²) in [6.45, 7) is 1.47. The van der Waals surface area contributed by atoms with Gasteiger partial charge in [-0.05, 0) is 19.8 Å². The molecule has 0 atom stereocenters. The maximum Gasteiger partial charge on any atom is 0.333 e. The molecule has 116 valence electrons. The SMILES string of the molecule is CC(=N)C(=O)CCCCCCC(=O)ON1C(=O)CCC1=O. The molecular formula is C14H20N2O5. The van der Waals surface area contributed by atoms with Crippen molar-refractivity contribution in [2.24, 2.45) is 0 Å². The van der Waals surface area contributed by atoms with Gasteiger partial charge in [-0.3, -0.25) is 14.4 Å². The van der Waals surface area contributed by atoms with E-state index >= 15 is 0 Å². The van der Waals surface area contributed by atoms with Gasteiger partial charge in [-0.1, -0.05) is 12.8 Å². The molecule has 0 bridgehead atoms. The van der Waals surface area contributed by atoms with Crippen LogP contribution in [0.25, 0.3) is 0 Å². The molecule has 1 N–H and O–H groups in total. The van der Waals surface area contributed by atoms with Crippen LogP contribution in [0, 0.1) is 5.41 Å². The number of amides is 2. The van der Waals surface area contributed by atoms with E-state index in [0.717, 1.165) is 12.8 Å². The Balaban J connectivity index is 2.09. The van der Waals surface area contributed by atoms with Crippen LogP contribution in [0.5, 0.6) is 0 Å². The molecule has 1 aliphatic heterocycles. The van der Waals surface area contributed by atoms with E-state index in [0.29, 0.717) is 24.3 Å². The molecule has 0 aromatic carbocycles. The zero-order chi connectivity index (χ0) is 15.8. The number of nitrogens with zero attached hydrogens (tertiary/aromatic N) is 1. The first-order chi connectivity index (χ1) is 9.91. The molecule has 0 saturated carbocycles. The second-order valence-corrected chi connectivity index (χ2v) is 5.01. The lowest BCUT2D eigenvalue weighted by molar-refractivity contribution is -0.197. The van der Waals surface area contributed by atoms with Gasteiger partial charge < -0.3 is 10.2 Å². The van der Waals surface area contributed by atoms with Gasteiger partial charge in [-0.15, -0.1) is 5.06 Å². The fourth-order valence-electron chi connectivity index (χ4n) is 1.90. The van der Waals surface area contributed by atoms with Gasteiger partial charge in [0, 0.05) is 25.7 Å². The van der Waals surface area contributed by atoms with Crippen LogP contribution in [0.2, 0.25) is 0 Å². The van der Waals surface area contributed by atoms with Crippen LogP contribution >= 0.6 is 0 Å². The molecule has 2 amide bonds. The zero-order valence-corrected chi connectivity index (χ0v) is 12.1. The molecule has 1 fully saturated rings. The second-order valence-electron chi connectivity index (χ2n) is 5.01. The second kappa shape index (κ2) is 8.28. The van der Waals surface area contributed by atoms with Crippen molar-refractivity contribution < 1.29 is 24.0 Å². The molecule has 1 saturated heterocycles. The average Bonchev–Trinajstić information content (AvgIpc) is 2.74. The van der Waals surface area contributed by atoms with E-state index in [1.807, 2.05) is 0 Å². The van der Waals surface area contributed by atoms with E-state index in [-0.39, 0.29) is 30.8 Å². The van der Waals surface area contributed by atoms with E-state index in [1.54, 1.807) is 0 Å².